The number of hydrogen-bond donors (Lipinski definition) is 0. The average molecular weight is 307 g/mol. The minimum absolute atomic E-state index is 0.953. The van der Waals surface area contributed by atoms with Crippen molar-refractivity contribution in [2.45, 2.75) is 52.0 Å². The first kappa shape index (κ1) is 15.7. The molecule has 0 spiro atoms. The first-order valence-corrected chi connectivity index (χ1v) is 8.77. The van der Waals surface area contributed by atoms with Crippen molar-refractivity contribution in [2.24, 2.45) is 0 Å². The van der Waals surface area contributed by atoms with Crippen molar-refractivity contribution in [3.8, 4) is 11.5 Å². The van der Waals surface area contributed by atoms with Crippen molar-refractivity contribution in [1.82, 2.24) is 14.5 Å². The molecule has 3 rings (SSSR count). The number of hydrogen-bond acceptors (Lipinski definition) is 2. The van der Waals surface area contributed by atoms with Crippen LogP contribution in [0.5, 0.6) is 0 Å². The smallest absolute Gasteiger partial charge is 0.159 e. The van der Waals surface area contributed by atoms with Gasteiger partial charge in [-0.05, 0) is 30.7 Å². The number of aromatic nitrogens is 3. The molecule has 0 aliphatic rings. The molecule has 120 valence electrons. The molecule has 0 N–H and O–H groups in total. The van der Waals surface area contributed by atoms with Crippen molar-refractivity contribution < 1.29 is 0 Å². The number of fused-ring (bicyclic) bond motifs is 1. The minimum Gasteiger partial charge on any atom is -0.323 e. The van der Waals surface area contributed by atoms with Crippen LogP contribution < -0.4 is 0 Å². The van der Waals surface area contributed by atoms with E-state index < -0.39 is 0 Å². The Morgan fingerprint density at radius 2 is 1.65 bits per heavy atom. The highest BCUT2D eigenvalue weighted by atomic mass is 15.1. The molecular formula is C20H25N3. The molecule has 0 aliphatic carbocycles. The molecule has 3 heteroatoms. The molecule has 1 aromatic carbocycles. The average Bonchev–Trinajstić information content (AvgIpc) is 2.97. The Labute approximate surface area is 138 Å². The predicted molar refractivity (Wildman–Crippen MR) is 96.3 cm³/mol. The lowest BCUT2D eigenvalue weighted by atomic mass is 10.1. The van der Waals surface area contributed by atoms with Crippen LogP contribution in [0, 0.1) is 0 Å². The summed E-state index contributed by atoms with van der Waals surface area (Å²) in [7, 11) is 0. The molecule has 0 fully saturated rings. The lowest BCUT2D eigenvalue weighted by Gasteiger charge is -2.09. The van der Waals surface area contributed by atoms with Gasteiger partial charge in [-0.2, -0.15) is 0 Å². The molecule has 0 atom stereocenters. The zero-order valence-corrected chi connectivity index (χ0v) is 13.9. The van der Waals surface area contributed by atoms with Gasteiger partial charge in [0, 0.05) is 12.7 Å². The molecule has 2 aromatic heterocycles. The number of imidazole rings is 1. The van der Waals surface area contributed by atoms with Gasteiger partial charge in [-0.3, -0.25) is 4.98 Å². The fraction of sp³-hybridized carbons (Fsp3) is 0.400. The van der Waals surface area contributed by atoms with E-state index in [1.165, 1.54) is 44.0 Å². The van der Waals surface area contributed by atoms with Crippen LogP contribution in [0.2, 0.25) is 0 Å². The highest BCUT2D eigenvalue weighted by Crippen LogP contribution is 2.24. The normalized spacial score (nSPS) is 11.2. The summed E-state index contributed by atoms with van der Waals surface area (Å²) in [5.41, 5.74) is 3.22. The quantitative estimate of drug-likeness (QED) is 0.517. The predicted octanol–water partition coefficient (Wildman–Crippen LogP) is 5.46. The second kappa shape index (κ2) is 7.91. The molecular weight excluding hydrogens is 282 g/mol. The van der Waals surface area contributed by atoms with E-state index in [9.17, 15) is 0 Å². The van der Waals surface area contributed by atoms with Gasteiger partial charge in [-0.15, -0.1) is 0 Å². The first-order valence-electron chi connectivity index (χ1n) is 8.77. The van der Waals surface area contributed by atoms with E-state index in [0.717, 1.165) is 23.6 Å². The molecule has 0 bridgehead atoms. The molecule has 3 nitrogen and oxygen atoms in total. The van der Waals surface area contributed by atoms with Crippen molar-refractivity contribution in [2.75, 3.05) is 0 Å². The number of unbranched alkanes of at least 4 members (excludes halogenated alkanes) is 5. The van der Waals surface area contributed by atoms with Gasteiger partial charge in [0.15, 0.2) is 5.82 Å². The Morgan fingerprint density at radius 3 is 2.48 bits per heavy atom. The van der Waals surface area contributed by atoms with Crippen LogP contribution in [0.25, 0.3) is 22.6 Å². The van der Waals surface area contributed by atoms with Gasteiger partial charge in [-0.1, -0.05) is 57.2 Å². The minimum atomic E-state index is 0.953. The first-order chi connectivity index (χ1) is 11.4. The molecule has 0 amide bonds. The van der Waals surface area contributed by atoms with E-state index in [4.69, 9.17) is 4.98 Å². The molecule has 2 heterocycles. The maximum Gasteiger partial charge on any atom is 0.159 e. The van der Waals surface area contributed by atoms with Gasteiger partial charge in [-0.25, -0.2) is 4.98 Å². The summed E-state index contributed by atoms with van der Waals surface area (Å²) in [6, 6.07) is 14.4. The summed E-state index contributed by atoms with van der Waals surface area (Å²) in [6.45, 7) is 3.27. The van der Waals surface area contributed by atoms with E-state index in [-0.39, 0.29) is 0 Å². The third-order valence-corrected chi connectivity index (χ3v) is 4.28. The molecule has 0 saturated heterocycles. The number of pyridine rings is 1. The Bertz CT molecular complexity index is 731. The van der Waals surface area contributed by atoms with Gasteiger partial charge in [0.25, 0.3) is 0 Å². The number of para-hydroxylation sites is 2. The van der Waals surface area contributed by atoms with Crippen molar-refractivity contribution in [3.63, 3.8) is 0 Å². The Morgan fingerprint density at radius 1 is 0.870 bits per heavy atom. The van der Waals surface area contributed by atoms with Gasteiger partial charge in [0.1, 0.15) is 5.69 Å². The number of rotatable bonds is 8. The zero-order valence-electron chi connectivity index (χ0n) is 13.9. The van der Waals surface area contributed by atoms with Crippen LogP contribution in [0.3, 0.4) is 0 Å². The van der Waals surface area contributed by atoms with Crippen molar-refractivity contribution >= 4 is 11.0 Å². The monoisotopic (exact) mass is 307 g/mol. The lowest BCUT2D eigenvalue weighted by molar-refractivity contribution is 0.566. The largest absolute Gasteiger partial charge is 0.323 e. The highest BCUT2D eigenvalue weighted by Gasteiger charge is 2.12. The zero-order chi connectivity index (χ0) is 15.9. The van der Waals surface area contributed by atoms with Crippen LogP contribution in [-0.2, 0) is 6.54 Å². The lowest BCUT2D eigenvalue weighted by Crippen LogP contribution is -2.01. The summed E-state index contributed by atoms with van der Waals surface area (Å²) < 4.78 is 2.33. The molecule has 0 radical (unpaired) electrons. The Balaban J connectivity index is 1.80. The van der Waals surface area contributed by atoms with E-state index in [2.05, 4.69) is 34.7 Å². The maximum atomic E-state index is 4.81. The standard InChI is InChI=1S/C20H25N3/c1-2-3-4-5-6-11-16-23-19-14-8-7-12-17(19)22-20(23)18-13-9-10-15-21-18/h7-10,12-15H,2-6,11,16H2,1H3. The van der Waals surface area contributed by atoms with Crippen LogP contribution >= 0.6 is 0 Å². The van der Waals surface area contributed by atoms with E-state index >= 15 is 0 Å². The van der Waals surface area contributed by atoms with Gasteiger partial charge in [0.2, 0.25) is 0 Å². The number of nitrogens with zero attached hydrogens (tertiary/aromatic N) is 3. The van der Waals surface area contributed by atoms with E-state index in [1.807, 2.05) is 30.5 Å². The van der Waals surface area contributed by atoms with E-state index in [0.29, 0.717) is 0 Å². The molecule has 0 saturated carbocycles. The number of benzene rings is 1. The van der Waals surface area contributed by atoms with Crippen molar-refractivity contribution in [1.29, 1.82) is 0 Å². The topological polar surface area (TPSA) is 30.7 Å². The van der Waals surface area contributed by atoms with Gasteiger partial charge in [0.05, 0.1) is 11.0 Å². The SMILES string of the molecule is CCCCCCCCn1c(-c2ccccn2)nc2ccccc21. The van der Waals surface area contributed by atoms with Crippen LogP contribution in [-0.4, -0.2) is 14.5 Å². The second-order valence-electron chi connectivity index (χ2n) is 6.06. The molecule has 0 aliphatic heterocycles. The van der Waals surface area contributed by atoms with Crippen LogP contribution in [0.15, 0.2) is 48.7 Å². The fourth-order valence-electron chi connectivity index (χ4n) is 3.04. The maximum absolute atomic E-state index is 4.81. The third kappa shape index (κ3) is 3.79. The Hall–Kier alpha value is -2.16. The molecule has 0 unspecified atom stereocenters. The molecule has 23 heavy (non-hydrogen) atoms. The van der Waals surface area contributed by atoms with Gasteiger partial charge < -0.3 is 4.57 Å². The van der Waals surface area contributed by atoms with Crippen molar-refractivity contribution in [3.05, 3.63) is 48.7 Å². The summed E-state index contributed by atoms with van der Waals surface area (Å²) in [5, 5.41) is 0. The van der Waals surface area contributed by atoms with Gasteiger partial charge >= 0.3 is 0 Å². The van der Waals surface area contributed by atoms with Crippen LogP contribution in [0.1, 0.15) is 45.4 Å². The third-order valence-electron chi connectivity index (χ3n) is 4.28. The van der Waals surface area contributed by atoms with Crippen LogP contribution in [0.4, 0.5) is 0 Å². The fourth-order valence-corrected chi connectivity index (χ4v) is 3.04. The summed E-state index contributed by atoms with van der Waals surface area (Å²) in [5.74, 6) is 0.986. The summed E-state index contributed by atoms with van der Waals surface area (Å²) in [6.07, 6.45) is 9.67. The second-order valence-corrected chi connectivity index (χ2v) is 6.06. The molecule has 3 aromatic rings. The number of aryl methyl sites for hydroxylation is 1. The summed E-state index contributed by atoms with van der Waals surface area (Å²) in [4.78, 5) is 9.30. The highest BCUT2D eigenvalue weighted by molar-refractivity contribution is 5.79. The summed E-state index contributed by atoms with van der Waals surface area (Å²) >= 11 is 0. The van der Waals surface area contributed by atoms with E-state index in [1.54, 1.807) is 0 Å². The Kier molecular flexibility index (Phi) is 5.41.